The van der Waals surface area contributed by atoms with Crippen LogP contribution >= 0.6 is 0 Å². The monoisotopic (exact) mass is 283 g/mol. The van der Waals surface area contributed by atoms with Crippen molar-refractivity contribution in [1.29, 1.82) is 0 Å². The van der Waals surface area contributed by atoms with Crippen LogP contribution in [0.1, 0.15) is 59.8 Å². The number of nitrogens with zero attached hydrogens (tertiary/aromatic N) is 2. The molecule has 21 heavy (non-hydrogen) atoms. The SMILES string of the molecule is Cc1ccc(C(C)NC2CCCc3c2cnn3C)cc1C. The predicted octanol–water partition coefficient (Wildman–Crippen LogP) is 3.77. The second kappa shape index (κ2) is 5.64. The molecule has 0 fully saturated rings. The summed E-state index contributed by atoms with van der Waals surface area (Å²) in [5, 5.41) is 8.23. The molecule has 2 aromatic rings. The molecule has 3 heteroatoms. The number of nitrogens with one attached hydrogen (secondary N) is 1. The standard InChI is InChI=1S/C18H25N3/c1-12-8-9-15(10-13(12)2)14(3)20-17-6-5-7-18-16(17)11-19-21(18)4/h8-11,14,17,20H,5-7H2,1-4H3. The van der Waals surface area contributed by atoms with E-state index < -0.39 is 0 Å². The van der Waals surface area contributed by atoms with Gasteiger partial charge in [-0.2, -0.15) is 5.10 Å². The highest BCUT2D eigenvalue weighted by Gasteiger charge is 2.24. The third-order valence-electron chi connectivity index (χ3n) is 4.86. The van der Waals surface area contributed by atoms with Crippen molar-refractivity contribution in [3.05, 3.63) is 52.3 Å². The van der Waals surface area contributed by atoms with E-state index in [1.165, 1.54) is 40.8 Å². The van der Waals surface area contributed by atoms with Gasteiger partial charge in [0.1, 0.15) is 0 Å². The summed E-state index contributed by atoms with van der Waals surface area (Å²) in [6.45, 7) is 6.61. The first kappa shape index (κ1) is 14.3. The van der Waals surface area contributed by atoms with E-state index in [4.69, 9.17) is 0 Å². The fraction of sp³-hybridized carbons (Fsp3) is 0.500. The number of aryl methyl sites for hydroxylation is 3. The topological polar surface area (TPSA) is 29.9 Å². The van der Waals surface area contributed by atoms with Gasteiger partial charge in [-0.05, 0) is 56.7 Å². The number of hydrogen-bond acceptors (Lipinski definition) is 2. The van der Waals surface area contributed by atoms with Crippen LogP contribution in [0.3, 0.4) is 0 Å². The van der Waals surface area contributed by atoms with Crippen LogP contribution in [-0.2, 0) is 13.5 Å². The molecule has 0 spiro atoms. The Morgan fingerprint density at radius 3 is 2.86 bits per heavy atom. The summed E-state index contributed by atoms with van der Waals surface area (Å²) < 4.78 is 2.03. The minimum Gasteiger partial charge on any atom is -0.303 e. The molecule has 3 nitrogen and oxygen atoms in total. The van der Waals surface area contributed by atoms with Crippen molar-refractivity contribution in [3.63, 3.8) is 0 Å². The molecule has 0 amide bonds. The van der Waals surface area contributed by atoms with Crippen LogP contribution in [0.4, 0.5) is 0 Å². The molecule has 1 aromatic heterocycles. The highest BCUT2D eigenvalue weighted by molar-refractivity contribution is 5.32. The zero-order valence-electron chi connectivity index (χ0n) is 13.5. The van der Waals surface area contributed by atoms with Gasteiger partial charge in [-0.15, -0.1) is 0 Å². The number of fused-ring (bicyclic) bond motifs is 1. The Bertz CT molecular complexity index is 642. The van der Waals surface area contributed by atoms with Gasteiger partial charge >= 0.3 is 0 Å². The molecule has 0 aliphatic heterocycles. The van der Waals surface area contributed by atoms with Crippen molar-refractivity contribution in [2.24, 2.45) is 7.05 Å². The van der Waals surface area contributed by atoms with Crippen molar-refractivity contribution in [2.45, 2.75) is 52.1 Å². The van der Waals surface area contributed by atoms with Crippen LogP contribution in [0.5, 0.6) is 0 Å². The Morgan fingerprint density at radius 1 is 1.29 bits per heavy atom. The zero-order chi connectivity index (χ0) is 15.0. The Hall–Kier alpha value is -1.61. The summed E-state index contributed by atoms with van der Waals surface area (Å²) >= 11 is 0. The lowest BCUT2D eigenvalue weighted by Gasteiger charge is -2.27. The molecule has 0 bridgehead atoms. The molecular weight excluding hydrogens is 258 g/mol. The zero-order valence-corrected chi connectivity index (χ0v) is 13.5. The molecule has 3 rings (SSSR count). The molecule has 2 unspecified atom stereocenters. The van der Waals surface area contributed by atoms with E-state index in [1.54, 1.807) is 0 Å². The van der Waals surface area contributed by atoms with E-state index in [0.29, 0.717) is 12.1 Å². The van der Waals surface area contributed by atoms with Gasteiger partial charge in [0.05, 0.1) is 6.20 Å². The van der Waals surface area contributed by atoms with Gasteiger partial charge in [0, 0.05) is 30.4 Å². The molecule has 0 radical (unpaired) electrons. The predicted molar refractivity (Wildman–Crippen MR) is 86.4 cm³/mol. The molecule has 1 N–H and O–H groups in total. The van der Waals surface area contributed by atoms with Gasteiger partial charge in [0.2, 0.25) is 0 Å². The van der Waals surface area contributed by atoms with E-state index in [-0.39, 0.29) is 0 Å². The van der Waals surface area contributed by atoms with Gasteiger partial charge < -0.3 is 5.32 Å². The molecule has 2 atom stereocenters. The minimum absolute atomic E-state index is 0.362. The molecule has 1 heterocycles. The lowest BCUT2D eigenvalue weighted by atomic mass is 9.91. The Balaban J connectivity index is 1.79. The first-order valence-electron chi connectivity index (χ1n) is 7.90. The van der Waals surface area contributed by atoms with Crippen LogP contribution in [0, 0.1) is 13.8 Å². The second-order valence-corrected chi connectivity index (χ2v) is 6.35. The second-order valence-electron chi connectivity index (χ2n) is 6.35. The molecule has 112 valence electrons. The summed E-state index contributed by atoms with van der Waals surface area (Å²) in [7, 11) is 2.05. The van der Waals surface area contributed by atoms with Crippen LogP contribution in [-0.4, -0.2) is 9.78 Å². The molecule has 0 saturated heterocycles. The van der Waals surface area contributed by atoms with Gasteiger partial charge in [-0.3, -0.25) is 4.68 Å². The first-order chi connectivity index (χ1) is 10.1. The fourth-order valence-electron chi connectivity index (χ4n) is 3.31. The largest absolute Gasteiger partial charge is 0.303 e. The maximum Gasteiger partial charge on any atom is 0.0540 e. The van der Waals surface area contributed by atoms with E-state index in [0.717, 1.165) is 6.42 Å². The van der Waals surface area contributed by atoms with E-state index >= 15 is 0 Å². The first-order valence-corrected chi connectivity index (χ1v) is 7.90. The summed E-state index contributed by atoms with van der Waals surface area (Å²) in [5.74, 6) is 0. The Kier molecular flexibility index (Phi) is 3.85. The number of rotatable bonds is 3. The number of benzene rings is 1. The fourth-order valence-corrected chi connectivity index (χ4v) is 3.31. The lowest BCUT2D eigenvalue weighted by Crippen LogP contribution is -2.27. The van der Waals surface area contributed by atoms with Gasteiger partial charge in [0.15, 0.2) is 0 Å². The average Bonchev–Trinajstić information content (AvgIpc) is 2.85. The van der Waals surface area contributed by atoms with Gasteiger partial charge in [-0.25, -0.2) is 0 Å². The molecular formula is C18H25N3. The molecule has 1 aliphatic carbocycles. The number of hydrogen-bond donors (Lipinski definition) is 1. The van der Waals surface area contributed by atoms with Crippen molar-refractivity contribution in [2.75, 3.05) is 0 Å². The van der Waals surface area contributed by atoms with E-state index in [2.05, 4.69) is 49.4 Å². The quantitative estimate of drug-likeness (QED) is 0.929. The van der Waals surface area contributed by atoms with Crippen molar-refractivity contribution in [3.8, 4) is 0 Å². The molecule has 1 aliphatic rings. The third kappa shape index (κ3) is 2.75. The van der Waals surface area contributed by atoms with Crippen LogP contribution in [0.2, 0.25) is 0 Å². The van der Waals surface area contributed by atoms with Crippen LogP contribution in [0.25, 0.3) is 0 Å². The summed E-state index contributed by atoms with van der Waals surface area (Å²) in [6, 6.07) is 7.56. The normalized spacial score (nSPS) is 19.3. The van der Waals surface area contributed by atoms with Crippen molar-refractivity contribution >= 4 is 0 Å². The third-order valence-corrected chi connectivity index (χ3v) is 4.86. The van der Waals surface area contributed by atoms with Gasteiger partial charge in [0.25, 0.3) is 0 Å². The summed E-state index contributed by atoms with van der Waals surface area (Å²) in [6.07, 6.45) is 5.64. The van der Waals surface area contributed by atoms with Gasteiger partial charge in [-0.1, -0.05) is 18.2 Å². The van der Waals surface area contributed by atoms with Crippen LogP contribution in [0.15, 0.2) is 24.4 Å². The molecule has 1 aromatic carbocycles. The summed E-state index contributed by atoms with van der Waals surface area (Å²) in [5.41, 5.74) is 6.88. The minimum atomic E-state index is 0.362. The Morgan fingerprint density at radius 2 is 2.10 bits per heavy atom. The van der Waals surface area contributed by atoms with Crippen molar-refractivity contribution in [1.82, 2.24) is 15.1 Å². The average molecular weight is 283 g/mol. The molecule has 0 saturated carbocycles. The van der Waals surface area contributed by atoms with E-state index in [9.17, 15) is 0 Å². The summed E-state index contributed by atoms with van der Waals surface area (Å²) in [4.78, 5) is 0. The van der Waals surface area contributed by atoms with E-state index in [1.807, 2.05) is 17.9 Å². The van der Waals surface area contributed by atoms with Crippen LogP contribution < -0.4 is 5.32 Å². The maximum absolute atomic E-state index is 4.43. The number of aromatic nitrogens is 2. The smallest absolute Gasteiger partial charge is 0.0540 e. The lowest BCUT2D eigenvalue weighted by molar-refractivity contribution is 0.411. The maximum atomic E-state index is 4.43. The highest BCUT2D eigenvalue weighted by atomic mass is 15.3. The highest BCUT2D eigenvalue weighted by Crippen LogP contribution is 2.31. The Labute approximate surface area is 127 Å². The van der Waals surface area contributed by atoms with Crippen molar-refractivity contribution < 1.29 is 0 Å².